The Morgan fingerprint density at radius 2 is 1.95 bits per heavy atom. The zero-order valence-electron chi connectivity index (χ0n) is 13.5. The normalized spacial score (nSPS) is 19.1. The van der Waals surface area contributed by atoms with Crippen molar-refractivity contribution in [2.75, 3.05) is 0 Å². The van der Waals surface area contributed by atoms with Crippen molar-refractivity contribution in [3.05, 3.63) is 35.4 Å². The largest absolute Gasteiger partial charge is 0.352 e. The molecule has 1 aliphatic heterocycles. The molecule has 116 valence electrons. The standard InChI is InChI=1S/C18H28N2O/c1-13(2)7-6-8-14(3)20-18(21)17-11-15-9-4-5-10-16(15)12-19-17/h4-5,9-10,13-14,17,19H,6-8,11-12H2,1-3H3,(H,20,21)/t14?,17-/m0/s1. The van der Waals surface area contributed by atoms with E-state index in [1.54, 1.807) is 0 Å². The Kier molecular flexibility index (Phi) is 5.80. The number of amides is 1. The lowest BCUT2D eigenvalue weighted by molar-refractivity contribution is -0.124. The summed E-state index contributed by atoms with van der Waals surface area (Å²) < 4.78 is 0. The van der Waals surface area contributed by atoms with Gasteiger partial charge in [-0.2, -0.15) is 0 Å². The summed E-state index contributed by atoms with van der Waals surface area (Å²) >= 11 is 0. The number of hydrogen-bond donors (Lipinski definition) is 2. The second kappa shape index (κ2) is 7.60. The van der Waals surface area contributed by atoms with Gasteiger partial charge in [-0.3, -0.25) is 4.79 Å². The number of fused-ring (bicyclic) bond motifs is 1. The number of carbonyl (C=O) groups excluding carboxylic acids is 1. The van der Waals surface area contributed by atoms with E-state index in [2.05, 4.69) is 49.6 Å². The lowest BCUT2D eigenvalue weighted by Gasteiger charge is -2.26. The predicted molar refractivity (Wildman–Crippen MR) is 87.1 cm³/mol. The fourth-order valence-corrected chi connectivity index (χ4v) is 2.89. The summed E-state index contributed by atoms with van der Waals surface area (Å²) in [5.74, 6) is 0.881. The van der Waals surface area contributed by atoms with E-state index < -0.39 is 0 Å². The Hall–Kier alpha value is -1.35. The highest BCUT2D eigenvalue weighted by molar-refractivity contribution is 5.82. The van der Waals surface area contributed by atoms with Crippen LogP contribution in [0.2, 0.25) is 0 Å². The van der Waals surface area contributed by atoms with E-state index >= 15 is 0 Å². The molecule has 0 aliphatic carbocycles. The Morgan fingerprint density at radius 3 is 2.67 bits per heavy atom. The van der Waals surface area contributed by atoms with Crippen molar-refractivity contribution in [1.82, 2.24) is 10.6 Å². The van der Waals surface area contributed by atoms with E-state index in [1.807, 2.05) is 6.07 Å². The Labute approximate surface area is 128 Å². The van der Waals surface area contributed by atoms with Crippen LogP contribution in [0.25, 0.3) is 0 Å². The van der Waals surface area contributed by atoms with E-state index in [0.717, 1.165) is 25.3 Å². The van der Waals surface area contributed by atoms with Crippen LogP contribution in [-0.4, -0.2) is 18.0 Å². The maximum absolute atomic E-state index is 12.3. The highest BCUT2D eigenvalue weighted by Gasteiger charge is 2.24. The monoisotopic (exact) mass is 288 g/mol. The first-order chi connectivity index (χ1) is 10.1. The molecule has 0 aromatic heterocycles. The molecule has 1 aromatic carbocycles. The molecular weight excluding hydrogens is 260 g/mol. The van der Waals surface area contributed by atoms with Crippen LogP contribution >= 0.6 is 0 Å². The summed E-state index contributed by atoms with van der Waals surface area (Å²) in [6, 6.07) is 8.53. The van der Waals surface area contributed by atoms with E-state index in [0.29, 0.717) is 0 Å². The van der Waals surface area contributed by atoms with Crippen molar-refractivity contribution in [3.63, 3.8) is 0 Å². The fourth-order valence-electron chi connectivity index (χ4n) is 2.89. The van der Waals surface area contributed by atoms with Crippen LogP contribution in [0.3, 0.4) is 0 Å². The summed E-state index contributed by atoms with van der Waals surface area (Å²) in [5.41, 5.74) is 2.61. The van der Waals surface area contributed by atoms with E-state index in [4.69, 9.17) is 0 Å². The van der Waals surface area contributed by atoms with Gasteiger partial charge >= 0.3 is 0 Å². The lowest BCUT2D eigenvalue weighted by atomic mass is 9.95. The Balaban J connectivity index is 1.79. The van der Waals surface area contributed by atoms with Gasteiger partial charge in [0, 0.05) is 12.6 Å². The molecular formula is C18H28N2O. The molecule has 0 bridgehead atoms. The Bertz CT molecular complexity index is 470. The summed E-state index contributed by atoms with van der Waals surface area (Å²) in [6.07, 6.45) is 4.27. The molecule has 0 saturated heterocycles. The first-order valence-corrected chi connectivity index (χ1v) is 8.16. The molecule has 1 amide bonds. The van der Waals surface area contributed by atoms with Crippen molar-refractivity contribution in [1.29, 1.82) is 0 Å². The molecule has 1 aromatic rings. The van der Waals surface area contributed by atoms with Crippen LogP contribution in [0.5, 0.6) is 0 Å². The predicted octanol–water partition coefficient (Wildman–Crippen LogP) is 3.03. The highest BCUT2D eigenvalue weighted by Crippen LogP contribution is 2.16. The summed E-state index contributed by atoms with van der Waals surface area (Å²) in [5, 5.41) is 6.50. The van der Waals surface area contributed by atoms with E-state index in [9.17, 15) is 4.79 Å². The maximum Gasteiger partial charge on any atom is 0.237 e. The van der Waals surface area contributed by atoms with Crippen LogP contribution < -0.4 is 10.6 Å². The lowest BCUT2D eigenvalue weighted by Crippen LogP contribution is -2.49. The second-order valence-electron chi connectivity index (χ2n) is 6.64. The third-order valence-corrected chi connectivity index (χ3v) is 4.21. The Morgan fingerprint density at radius 1 is 1.24 bits per heavy atom. The third-order valence-electron chi connectivity index (χ3n) is 4.21. The third kappa shape index (κ3) is 4.85. The van der Waals surface area contributed by atoms with Crippen LogP contribution in [0.4, 0.5) is 0 Å². The van der Waals surface area contributed by atoms with Crippen molar-refractivity contribution in [2.24, 2.45) is 5.92 Å². The molecule has 21 heavy (non-hydrogen) atoms. The minimum absolute atomic E-state index is 0.0903. The summed E-state index contributed by atoms with van der Waals surface area (Å²) in [7, 11) is 0. The second-order valence-corrected chi connectivity index (χ2v) is 6.64. The minimum Gasteiger partial charge on any atom is -0.352 e. The van der Waals surface area contributed by atoms with Gasteiger partial charge in [0.2, 0.25) is 5.91 Å². The quantitative estimate of drug-likeness (QED) is 0.845. The summed E-state index contributed by atoms with van der Waals surface area (Å²) in [4.78, 5) is 12.3. The van der Waals surface area contributed by atoms with Crippen molar-refractivity contribution < 1.29 is 4.79 Å². The number of benzene rings is 1. The molecule has 0 radical (unpaired) electrons. The average Bonchev–Trinajstić information content (AvgIpc) is 2.46. The summed E-state index contributed by atoms with van der Waals surface area (Å²) in [6.45, 7) is 7.38. The van der Waals surface area contributed by atoms with Gasteiger partial charge < -0.3 is 10.6 Å². The zero-order valence-corrected chi connectivity index (χ0v) is 13.5. The van der Waals surface area contributed by atoms with Crippen LogP contribution in [0.15, 0.2) is 24.3 Å². The van der Waals surface area contributed by atoms with Crippen molar-refractivity contribution >= 4 is 5.91 Å². The van der Waals surface area contributed by atoms with Crippen LogP contribution in [0, 0.1) is 5.92 Å². The average molecular weight is 288 g/mol. The molecule has 2 N–H and O–H groups in total. The fraction of sp³-hybridized carbons (Fsp3) is 0.611. The van der Waals surface area contributed by atoms with Gasteiger partial charge in [-0.05, 0) is 36.8 Å². The highest BCUT2D eigenvalue weighted by atomic mass is 16.2. The molecule has 0 fully saturated rings. The van der Waals surface area contributed by atoms with Gasteiger partial charge in [0.1, 0.15) is 0 Å². The van der Waals surface area contributed by atoms with Crippen molar-refractivity contribution in [2.45, 2.75) is 65.1 Å². The number of nitrogens with one attached hydrogen (secondary N) is 2. The first kappa shape index (κ1) is 16.0. The SMILES string of the molecule is CC(C)CCCC(C)NC(=O)[C@@H]1Cc2ccccc2CN1. The van der Waals surface area contributed by atoms with Crippen LogP contribution in [0.1, 0.15) is 51.2 Å². The molecule has 0 spiro atoms. The van der Waals surface area contributed by atoms with E-state index in [1.165, 1.54) is 24.0 Å². The van der Waals surface area contributed by atoms with Gasteiger partial charge in [0.15, 0.2) is 0 Å². The maximum atomic E-state index is 12.3. The van der Waals surface area contributed by atoms with Gasteiger partial charge in [0.25, 0.3) is 0 Å². The topological polar surface area (TPSA) is 41.1 Å². The van der Waals surface area contributed by atoms with E-state index in [-0.39, 0.29) is 18.0 Å². The molecule has 3 heteroatoms. The van der Waals surface area contributed by atoms with Crippen molar-refractivity contribution in [3.8, 4) is 0 Å². The molecule has 2 rings (SSSR count). The molecule has 0 saturated carbocycles. The molecule has 2 atom stereocenters. The zero-order chi connectivity index (χ0) is 15.2. The van der Waals surface area contributed by atoms with Gasteiger partial charge in [-0.15, -0.1) is 0 Å². The van der Waals surface area contributed by atoms with Gasteiger partial charge in [-0.25, -0.2) is 0 Å². The molecule has 1 heterocycles. The minimum atomic E-state index is -0.0903. The molecule has 1 aliphatic rings. The van der Waals surface area contributed by atoms with Gasteiger partial charge in [0.05, 0.1) is 6.04 Å². The first-order valence-electron chi connectivity index (χ1n) is 8.16. The number of rotatable bonds is 6. The van der Waals surface area contributed by atoms with Crippen LogP contribution in [-0.2, 0) is 17.8 Å². The number of hydrogen-bond acceptors (Lipinski definition) is 2. The van der Waals surface area contributed by atoms with Gasteiger partial charge in [-0.1, -0.05) is 51.0 Å². The number of carbonyl (C=O) groups is 1. The molecule has 1 unspecified atom stereocenters. The molecule has 3 nitrogen and oxygen atoms in total. The smallest absolute Gasteiger partial charge is 0.237 e.